The van der Waals surface area contributed by atoms with Crippen LogP contribution in [-0.4, -0.2) is 15.3 Å². The number of furan rings is 1. The van der Waals surface area contributed by atoms with Crippen LogP contribution in [0.15, 0.2) is 33.8 Å². The molecule has 0 fully saturated rings. The zero-order valence-electron chi connectivity index (χ0n) is 11.7. The molecule has 1 amide bonds. The van der Waals surface area contributed by atoms with Gasteiger partial charge in [-0.15, -0.1) is 11.3 Å². The lowest BCUT2D eigenvalue weighted by Gasteiger charge is -2.04. The van der Waals surface area contributed by atoms with Crippen LogP contribution in [0.3, 0.4) is 0 Å². The first-order chi connectivity index (χ1) is 10.7. The van der Waals surface area contributed by atoms with E-state index in [0.717, 1.165) is 25.0 Å². The van der Waals surface area contributed by atoms with Crippen LogP contribution < -0.4 is 10.9 Å². The van der Waals surface area contributed by atoms with Crippen molar-refractivity contribution in [3.05, 3.63) is 56.8 Å². The molecule has 0 spiro atoms. The molecule has 0 bridgehead atoms. The molecule has 6 nitrogen and oxygen atoms in total. The topological polar surface area (TPSA) is 76.6 Å². The van der Waals surface area contributed by atoms with Gasteiger partial charge in [0.15, 0.2) is 4.96 Å². The Morgan fingerprint density at radius 1 is 1.45 bits per heavy atom. The number of nitrogens with zero attached hydrogens (tertiary/aromatic N) is 2. The van der Waals surface area contributed by atoms with Crippen LogP contribution >= 0.6 is 11.3 Å². The number of aromatic nitrogens is 2. The molecule has 4 rings (SSSR count). The maximum Gasteiger partial charge on any atom is 0.271 e. The summed E-state index contributed by atoms with van der Waals surface area (Å²) in [5.41, 5.74) is 0.788. The van der Waals surface area contributed by atoms with Gasteiger partial charge >= 0.3 is 0 Å². The summed E-state index contributed by atoms with van der Waals surface area (Å²) in [4.78, 5) is 31.0. The Bertz CT molecular complexity index is 908. The molecule has 0 unspecified atom stereocenters. The van der Waals surface area contributed by atoms with Gasteiger partial charge < -0.3 is 9.73 Å². The minimum atomic E-state index is -0.429. The van der Waals surface area contributed by atoms with Crippen LogP contribution in [0.4, 0.5) is 0 Å². The van der Waals surface area contributed by atoms with Gasteiger partial charge in [-0.3, -0.25) is 14.0 Å². The van der Waals surface area contributed by atoms with E-state index in [9.17, 15) is 9.59 Å². The van der Waals surface area contributed by atoms with E-state index in [0.29, 0.717) is 10.7 Å². The molecule has 0 saturated heterocycles. The normalized spacial score (nSPS) is 13.5. The Hall–Kier alpha value is -2.41. The first-order valence-electron chi connectivity index (χ1n) is 7.07. The highest BCUT2D eigenvalue weighted by atomic mass is 32.1. The van der Waals surface area contributed by atoms with Crippen molar-refractivity contribution in [2.75, 3.05) is 0 Å². The SMILES string of the molecule is O=C(NCc1ccco1)c1cnc2sc3c(n2c1=O)CCC3. The van der Waals surface area contributed by atoms with E-state index < -0.39 is 5.91 Å². The predicted molar refractivity (Wildman–Crippen MR) is 81.2 cm³/mol. The number of rotatable bonds is 3. The van der Waals surface area contributed by atoms with Crippen molar-refractivity contribution in [1.29, 1.82) is 0 Å². The van der Waals surface area contributed by atoms with Gasteiger partial charge in [0.25, 0.3) is 11.5 Å². The maximum atomic E-state index is 12.6. The van der Waals surface area contributed by atoms with Crippen molar-refractivity contribution < 1.29 is 9.21 Å². The Kier molecular flexibility index (Phi) is 3.07. The fourth-order valence-electron chi connectivity index (χ4n) is 2.74. The molecule has 1 aliphatic carbocycles. The van der Waals surface area contributed by atoms with E-state index in [1.165, 1.54) is 22.4 Å². The molecule has 1 aliphatic rings. The van der Waals surface area contributed by atoms with Crippen LogP contribution in [0.2, 0.25) is 0 Å². The third-order valence-electron chi connectivity index (χ3n) is 3.80. The van der Waals surface area contributed by atoms with Crippen molar-refractivity contribution in [3.8, 4) is 0 Å². The highest BCUT2D eigenvalue weighted by Gasteiger charge is 2.22. The Morgan fingerprint density at radius 2 is 2.36 bits per heavy atom. The zero-order valence-corrected chi connectivity index (χ0v) is 12.5. The van der Waals surface area contributed by atoms with Crippen molar-refractivity contribution in [3.63, 3.8) is 0 Å². The monoisotopic (exact) mass is 315 g/mol. The number of fused-ring (bicyclic) bond motifs is 3. The molecule has 0 saturated carbocycles. The second-order valence-electron chi connectivity index (χ2n) is 5.18. The lowest BCUT2D eigenvalue weighted by Crippen LogP contribution is -2.31. The summed E-state index contributed by atoms with van der Waals surface area (Å²) in [7, 11) is 0. The van der Waals surface area contributed by atoms with Gasteiger partial charge in [0.05, 0.1) is 12.8 Å². The standard InChI is InChI=1S/C15H13N3O3S/c19-13(16-7-9-3-2-6-21-9)10-8-17-15-18(14(10)20)11-4-1-5-12(11)22-15/h2-3,6,8H,1,4-5,7H2,(H,16,19). The average molecular weight is 315 g/mol. The minimum Gasteiger partial charge on any atom is -0.467 e. The number of thiazole rings is 1. The number of hydrogen-bond acceptors (Lipinski definition) is 5. The largest absolute Gasteiger partial charge is 0.467 e. The van der Waals surface area contributed by atoms with E-state index in [2.05, 4.69) is 10.3 Å². The molecule has 112 valence electrons. The summed E-state index contributed by atoms with van der Waals surface area (Å²) in [6, 6.07) is 3.51. The highest BCUT2D eigenvalue weighted by Crippen LogP contribution is 2.28. The smallest absolute Gasteiger partial charge is 0.271 e. The Balaban J connectivity index is 1.68. The molecule has 0 aliphatic heterocycles. The molecule has 3 heterocycles. The summed E-state index contributed by atoms with van der Waals surface area (Å²) >= 11 is 1.54. The number of nitrogens with one attached hydrogen (secondary N) is 1. The maximum absolute atomic E-state index is 12.6. The van der Waals surface area contributed by atoms with E-state index in [-0.39, 0.29) is 17.7 Å². The number of carbonyl (C=O) groups is 1. The first-order valence-corrected chi connectivity index (χ1v) is 7.88. The van der Waals surface area contributed by atoms with Crippen LogP contribution in [0, 0.1) is 0 Å². The first kappa shape index (κ1) is 13.3. The zero-order chi connectivity index (χ0) is 15.1. The molecule has 3 aromatic rings. The summed E-state index contributed by atoms with van der Waals surface area (Å²) in [5.74, 6) is 0.208. The number of amides is 1. The fourth-order valence-corrected chi connectivity index (χ4v) is 3.91. The van der Waals surface area contributed by atoms with E-state index in [1.54, 1.807) is 22.8 Å². The Morgan fingerprint density at radius 3 is 3.18 bits per heavy atom. The fraction of sp³-hybridized carbons (Fsp3) is 0.267. The Labute approximate surface area is 129 Å². The van der Waals surface area contributed by atoms with Gasteiger partial charge in [-0.2, -0.15) is 0 Å². The predicted octanol–water partition coefficient (Wildman–Crippen LogP) is 1.77. The quantitative estimate of drug-likeness (QED) is 0.799. The number of aryl methyl sites for hydroxylation is 2. The van der Waals surface area contributed by atoms with Crippen molar-refractivity contribution in [1.82, 2.24) is 14.7 Å². The summed E-state index contributed by atoms with van der Waals surface area (Å²) in [6.07, 6.45) is 5.81. The summed E-state index contributed by atoms with van der Waals surface area (Å²) in [5, 5.41) is 2.68. The molecular formula is C15H13N3O3S. The van der Waals surface area contributed by atoms with E-state index >= 15 is 0 Å². The van der Waals surface area contributed by atoms with Gasteiger partial charge in [-0.05, 0) is 31.4 Å². The second-order valence-corrected chi connectivity index (χ2v) is 6.24. The molecule has 0 atom stereocenters. The third kappa shape index (κ3) is 2.05. The third-order valence-corrected chi connectivity index (χ3v) is 4.96. The van der Waals surface area contributed by atoms with Crippen LogP contribution in [0.25, 0.3) is 4.96 Å². The van der Waals surface area contributed by atoms with E-state index in [4.69, 9.17) is 4.42 Å². The second kappa shape index (κ2) is 5.10. The van der Waals surface area contributed by atoms with Gasteiger partial charge in [-0.1, -0.05) is 0 Å². The summed E-state index contributed by atoms with van der Waals surface area (Å²) < 4.78 is 6.75. The van der Waals surface area contributed by atoms with Gasteiger partial charge in [-0.25, -0.2) is 4.98 Å². The van der Waals surface area contributed by atoms with Crippen molar-refractivity contribution >= 4 is 22.2 Å². The molecule has 22 heavy (non-hydrogen) atoms. The molecule has 0 aromatic carbocycles. The lowest BCUT2D eigenvalue weighted by atomic mass is 10.3. The molecule has 1 N–H and O–H groups in total. The summed E-state index contributed by atoms with van der Waals surface area (Å²) in [6.45, 7) is 0.246. The van der Waals surface area contributed by atoms with Gasteiger partial charge in [0, 0.05) is 16.8 Å². The van der Waals surface area contributed by atoms with E-state index in [1.807, 2.05) is 0 Å². The lowest BCUT2D eigenvalue weighted by molar-refractivity contribution is 0.0946. The minimum absolute atomic E-state index is 0.0663. The molecule has 7 heteroatoms. The van der Waals surface area contributed by atoms with Crippen LogP contribution in [0.1, 0.15) is 33.1 Å². The van der Waals surface area contributed by atoms with Crippen LogP contribution in [0.5, 0.6) is 0 Å². The van der Waals surface area contributed by atoms with Crippen molar-refractivity contribution in [2.45, 2.75) is 25.8 Å². The molecule has 0 radical (unpaired) electrons. The van der Waals surface area contributed by atoms with Gasteiger partial charge in [0.2, 0.25) is 0 Å². The average Bonchev–Trinajstić information content (AvgIpc) is 3.21. The van der Waals surface area contributed by atoms with Crippen LogP contribution in [-0.2, 0) is 19.4 Å². The number of carbonyl (C=O) groups excluding carboxylic acids is 1. The van der Waals surface area contributed by atoms with Gasteiger partial charge in [0.1, 0.15) is 11.3 Å². The molecular weight excluding hydrogens is 302 g/mol. The number of hydrogen-bond donors (Lipinski definition) is 1. The van der Waals surface area contributed by atoms with Crippen molar-refractivity contribution in [2.24, 2.45) is 0 Å². The highest BCUT2D eigenvalue weighted by molar-refractivity contribution is 7.17. The molecule has 3 aromatic heterocycles.